The van der Waals surface area contributed by atoms with Gasteiger partial charge in [-0.1, -0.05) is 31.5 Å². The minimum absolute atomic E-state index is 0.317. The number of carboxylic acid groups (broad SMARTS) is 1. The van der Waals surface area contributed by atoms with E-state index in [1.807, 2.05) is 24.3 Å². The standard InChI is InChI=1S/C17H21NO3/c1-2-18(10-12-6-5-7-12)11-15-16(17(19)20)13-8-3-4-9-14(13)21-15/h3-4,8-9,12H,2,5-7,10-11H2,1H3,(H,19,20). The van der Waals surface area contributed by atoms with Crippen LogP contribution in [0.3, 0.4) is 0 Å². The summed E-state index contributed by atoms with van der Waals surface area (Å²) in [7, 11) is 0. The summed E-state index contributed by atoms with van der Waals surface area (Å²) in [5, 5.41) is 10.2. The molecule has 1 fully saturated rings. The first kappa shape index (κ1) is 14.1. The van der Waals surface area contributed by atoms with Crippen molar-refractivity contribution in [3.05, 3.63) is 35.6 Å². The van der Waals surface area contributed by atoms with Crippen molar-refractivity contribution in [3.63, 3.8) is 0 Å². The van der Waals surface area contributed by atoms with Crippen molar-refractivity contribution < 1.29 is 14.3 Å². The van der Waals surface area contributed by atoms with Gasteiger partial charge in [0.25, 0.3) is 0 Å². The van der Waals surface area contributed by atoms with Gasteiger partial charge in [-0.05, 0) is 31.4 Å². The molecule has 2 aromatic rings. The minimum Gasteiger partial charge on any atom is -0.478 e. The molecule has 4 nitrogen and oxygen atoms in total. The maximum Gasteiger partial charge on any atom is 0.339 e. The smallest absolute Gasteiger partial charge is 0.339 e. The zero-order valence-electron chi connectivity index (χ0n) is 12.3. The number of nitrogens with zero attached hydrogens (tertiary/aromatic N) is 1. The molecule has 0 bridgehead atoms. The Kier molecular flexibility index (Phi) is 3.97. The van der Waals surface area contributed by atoms with E-state index in [1.54, 1.807) is 0 Å². The van der Waals surface area contributed by atoms with Crippen LogP contribution in [0.25, 0.3) is 11.0 Å². The Hall–Kier alpha value is -1.81. The van der Waals surface area contributed by atoms with Gasteiger partial charge in [0.2, 0.25) is 0 Å². The Bertz CT molecular complexity index is 643. The predicted octanol–water partition coefficient (Wildman–Crippen LogP) is 3.75. The van der Waals surface area contributed by atoms with E-state index in [1.165, 1.54) is 19.3 Å². The number of carbonyl (C=O) groups is 1. The zero-order chi connectivity index (χ0) is 14.8. The molecule has 0 radical (unpaired) electrons. The third kappa shape index (κ3) is 2.81. The molecule has 0 saturated heterocycles. The Morgan fingerprint density at radius 3 is 2.76 bits per heavy atom. The molecule has 1 saturated carbocycles. The molecule has 112 valence electrons. The molecule has 0 spiro atoms. The molecule has 1 heterocycles. The molecule has 3 rings (SSSR count). The number of benzene rings is 1. The van der Waals surface area contributed by atoms with Gasteiger partial charge in [0.15, 0.2) is 0 Å². The fourth-order valence-electron chi connectivity index (χ4n) is 2.99. The summed E-state index contributed by atoms with van der Waals surface area (Å²) in [4.78, 5) is 13.9. The van der Waals surface area contributed by atoms with Crippen molar-refractivity contribution >= 4 is 16.9 Å². The fourth-order valence-corrected chi connectivity index (χ4v) is 2.99. The highest BCUT2D eigenvalue weighted by atomic mass is 16.4. The first-order valence-electron chi connectivity index (χ1n) is 7.65. The lowest BCUT2D eigenvalue weighted by Crippen LogP contribution is -2.32. The molecular formula is C17H21NO3. The third-order valence-electron chi connectivity index (χ3n) is 4.44. The average molecular weight is 287 g/mol. The van der Waals surface area contributed by atoms with E-state index in [0.717, 1.165) is 19.0 Å². The van der Waals surface area contributed by atoms with E-state index in [4.69, 9.17) is 4.42 Å². The molecule has 0 unspecified atom stereocenters. The van der Waals surface area contributed by atoms with E-state index in [-0.39, 0.29) is 0 Å². The van der Waals surface area contributed by atoms with Gasteiger partial charge < -0.3 is 9.52 Å². The van der Waals surface area contributed by atoms with Crippen LogP contribution in [0.1, 0.15) is 42.3 Å². The van der Waals surface area contributed by atoms with Gasteiger partial charge in [0.1, 0.15) is 16.9 Å². The number of fused-ring (bicyclic) bond motifs is 1. The van der Waals surface area contributed by atoms with Crippen molar-refractivity contribution in [2.45, 2.75) is 32.7 Å². The largest absolute Gasteiger partial charge is 0.478 e. The lowest BCUT2D eigenvalue weighted by molar-refractivity contribution is 0.0693. The van der Waals surface area contributed by atoms with Gasteiger partial charge in [-0.3, -0.25) is 4.90 Å². The highest BCUT2D eigenvalue weighted by molar-refractivity contribution is 6.03. The number of aromatic carboxylic acids is 1. The van der Waals surface area contributed by atoms with Gasteiger partial charge >= 0.3 is 5.97 Å². The molecule has 4 heteroatoms. The Labute approximate surface area is 124 Å². The Morgan fingerprint density at radius 1 is 1.38 bits per heavy atom. The summed E-state index contributed by atoms with van der Waals surface area (Å²) < 4.78 is 5.80. The molecular weight excluding hydrogens is 266 g/mol. The van der Waals surface area contributed by atoms with Gasteiger partial charge in [-0.25, -0.2) is 4.79 Å². The number of para-hydroxylation sites is 1. The topological polar surface area (TPSA) is 53.7 Å². The number of rotatable bonds is 6. The Balaban J connectivity index is 1.87. The second kappa shape index (κ2) is 5.90. The van der Waals surface area contributed by atoms with Crippen LogP contribution < -0.4 is 0 Å². The molecule has 0 atom stereocenters. The van der Waals surface area contributed by atoms with Gasteiger partial charge in [0, 0.05) is 11.9 Å². The van der Waals surface area contributed by atoms with E-state index in [2.05, 4.69) is 11.8 Å². The maximum atomic E-state index is 11.6. The molecule has 0 aliphatic heterocycles. The monoisotopic (exact) mass is 287 g/mol. The summed E-state index contributed by atoms with van der Waals surface area (Å²) in [6, 6.07) is 7.36. The van der Waals surface area contributed by atoms with E-state index in [9.17, 15) is 9.90 Å². The van der Waals surface area contributed by atoms with Gasteiger partial charge in [-0.15, -0.1) is 0 Å². The quantitative estimate of drug-likeness (QED) is 0.879. The summed E-state index contributed by atoms with van der Waals surface area (Å²) >= 11 is 0. The summed E-state index contributed by atoms with van der Waals surface area (Å²) in [5.41, 5.74) is 0.974. The molecule has 1 aliphatic rings. The number of hydrogen-bond acceptors (Lipinski definition) is 3. The lowest BCUT2D eigenvalue weighted by atomic mass is 9.85. The predicted molar refractivity (Wildman–Crippen MR) is 81.5 cm³/mol. The highest BCUT2D eigenvalue weighted by Crippen LogP contribution is 2.30. The number of furan rings is 1. The second-order valence-corrected chi connectivity index (χ2v) is 5.83. The normalized spacial score (nSPS) is 15.5. The van der Waals surface area contributed by atoms with Gasteiger partial charge in [0.05, 0.1) is 6.54 Å². The molecule has 1 N–H and O–H groups in total. The summed E-state index contributed by atoms with van der Waals surface area (Å²) in [6.07, 6.45) is 3.91. The fraction of sp³-hybridized carbons (Fsp3) is 0.471. The van der Waals surface area contributed by atoms with Crippen LogP contribution in [0, 0.1) is 5.92 Å². The zero-order valence-corrected chi connectivity index (χ0v) is 12.3. The Morgan fingerprint density at radius 2 is 2.14 bits per heavy atom. The van der Waals surface area contributed by atoms with Crippen molar-refractivity contribution in [2.24, 2.45) is 5.92 Å². The average Bonchev–Trinajstić information content (AvgIpc) is 2.79. The van der Waals surface area contributed by atoms with Crippen LogP contribution in [0.4, 0.5) is 0 Å². The second-order valence-electron chi connectivity index (χ2n) is 5.83. The van der Waals surface area contributed by atoms with Crippen LogP contribution in [0.2, 0.25) is 0 Å². The van der Waals surface area contributed by atoms with Crippen molar-refractivity contribution in [1.82, 2.24) is 4.90 Å². The highest BCUT2D eigenvalue weighted by Gasteiger charge is 2.24. The molecule has 1 aromatic carbocycles. The van der Waals surface area contributed by atoms with Crippen LogP contribution in [0.15, 0.2) is 28.7 Å². The SMILES string of the molecule is CCN(Cc1oc2ccccc2c1C(=O)O)CC1CCC1. The lowest BCUT2D eigenvalue weighted by Gasteiger charge is -2.31. The summed E-state index contributed by atoms with van der Waals surface area (Å²) in [5.74, 6) is 0.433. The van der Waals surface area contributed by atoms with Crippen molar-refractivity contribution in [3.8, 4) is 0 Å². The first-order valence-corrected chi connectivity index (χ1v) is 7.65. The number of hydrogen-bond donors (Lipinski definition) is 1. The van der Waals surface area contributed by atoms with Crippen LogP contribution >= 0.6 is 0 Å². The molecule has 21 heavy (non-hydrogen) atoms. The number of carboxylic acids is 1. The van der Waals surface area contributed by atoms with Crippen molar-refractivity contribution in [1.29, 1.82) is 0 Å². The third-order valence-corrected chi connectivity index (χ3v) is 4.44. The maximum absolute atomic E-state index is 11.6. The van der Waals surface area contributed by atoms with E-state index >= 15 is 0 Å². The van der Waals surface area contributed by atoms with E-state index in [0.29, 0.717) is 28.8 Å². The van der Waals surface area contributed by atoms with Crippen LogP contribution in [-0.2, 0) is 6.54 Å². The van der Waals surface area contributed by atoms with E-state index < -0.39 is 5.97 Å². The first-order chi connectivity index (χ1) is 10.2. The molecule has 0 amide bonds. The summed E-state index contributed by atoms with van der Waals surface area (Å²) in [6.45, 7) is 4.63. The molecule has 1 aromatic heterocycles. The van der Waals surface area contributed by atoms with Gasteiger partial charge in [-0.2, -0.15) is 0 Å². The van der Waals surface area contributed by atoms with Crippen LogP contribution in [-0.4, -0.2) is 29.1 Å². The van der Waals surface area contributed by atoms with Crippen molar-refractivity contribution in [2.75, 3.05) is 13.1 Å². The molecule has 1 aliphatic carbocycles. The van der Waals surface area contributed by atoms with Crippen LogP contribution in [0.5, 0.6) is 0 Å². The minimum atomic E-state index is -0.908.